The van der Waals surface area contributed by atoms with E-state index in [1.807, 2.05) is 42.7 Å². The Kier molecular flexibility index (Phi) is 4.78. The second kappa shape index (κ2) is 7.00. The molecule has 0 aliphatic carbocycles. The topological polar surface area (TPSA) is 62.7 Å². The predicted octanol–water partition coefficient (Wildman–Crippen LogP) is 5.21. The highest BCUT2D eigenvalue weighted by molar-refractivity contribution is 7.98. The van der Waals surface area contributed by atoms with E-state index in [0.29, 0.717) is 5.56 Å². The highest BCUT2D eigenvalue weighted by Gasteiger charge is 2.13. The summed E-state index contributed by atoms with van der Waals surface area (Å²) in [7, 11) is 0. The Hall–Kier alpha value is -2.77. The van der Waals surface area contributed by atoms with Crippen molar-refractivity contribution < 1.29 is 0 Å². The zero-order valence-corrected chi connectivity index (χ0v) is 15.3. The molecule has 1 aromatic heterocycles. The van der Waals surface area contributed by atoms with Crippen LogP contribution in [0.4, 0.5) is 5.82 Å². The SMILES string of the molecule is CSc1ccc(-c2cc(-c3ccc(C)c(C)c3)nc(N)c2C#N)cc1. The van der Waals surface area contributed by atoms with Gasteiger partial charge in [-0.25, -0.2) is 4.98 Å². The van der Waals surface area contributed by atoms with Gasteiger partial charge in [-0.2, -0.15) is 5.26 Å². The smallest absolute Gasteiger partial charge is 0.142 e. The molecule has 0 bridgehead atoms. The minimum atomic E-state index is 0.266. The van der Waals surface area contributed by atoms with Crippen molar-refractivity contribution >= 4 is 17.6 Å². The van der Waals surface area contributed by atoms with Crippen LogP contribution >= 0.6 is 11.8 Å². The maximum Gasteiger partial charge on any atom is 0.142 e. The number of nitrogens with two attached hydrogens (primary N) is 1. The number of nitriles is 1. The van der Waals surface area contributed by atoms with E-state index in [1.54, 1.807) is 11.8 Å². The molecule has 0 atom stereocenters. The Labute approximate surface area is 152 Å². The van der Waals surface area contributed by atoms with Gasteiger partial charge in [-0.05, 0) is 61.1 Å². The van der Waals surface area contributed by atoms with Gasteiger partial charge in [-0.3, -0.25) is 0 Å². The lowest BCUT2D eigenvalue weighted by Crippen LogP contribution is -2.00. The number of thioether (sulfide) groups is 1. The molecule has 0 radical (unpaired) electrons. The van der Waals surface area contributed by atoms with Gasteiger partial charge in [0.2, 0.25) is 0 Å². The zero-order valence-electron chi connectivity index (χ0n) is 14.5. The maximum absolute atomic E-state index is 9.53. The molecule has 4 heteroatoms. The molecule has 25 heavy (non-hydrogen) atoms. The Morgan fingerprint density at radius 3 is 2.24 bits per heavy atom. The third-order valence-corrected chi connectivity index (χ3v) is 5.11. The number of aryl methyl sites for hydroxylation is 2. The summed E-state index contributed by atoms with van der Waals surface area (Å²) in [6.45, 7) is 4.16. The summed E-state index contributed by atoms with van der Waals surface area (Å²) in [6, 6.07) is 18.5. The van der Waals surface area contributed by atoms with Crippen LogP contribution in [0.2, 0.25) is 0 Å². The minimum Gasteiger partial charge on any atom is -0.383 e. The molecule has 124 valence electrons. The molecule has 0 aliphatic rings. The van der Waals surface area contributed by atoms with Crippen molar-refractivity contribution in [3.05, 3.63) is 65.2 Å². The first-order valence-corrected chi connectivity index (χ1v) is 9.18. The average molecular weight is 345 g/mol. The van der Waals surface area contributed by atoms with E-state index in [2.05, 4.69) is 37.0 Å². The first-order chi connectivity index (χ1) is 12.0. The lowest BCUT2D eigenvalue weighted by molar-refractivity contribution is 1.29. The molecule has 0 fully saturated rings. The van der Waals surface area contributed by atoms with Crippen LogP contribution in [0.1, 0.15) is 16.7 Å². The Balaban J connectivity index is 2.18. The summed E-state index contributed by atoms with van der Waals surface area (Å²) in [4.78, 5) is 5.64. The molecular formula is C21H19N3S. The second-order valence-corrected chi connectivity index (χ2v) is 6.83. The molecule has 0 saturated heterocycles. The van der Waals surface area contributed by atoms with Crippen LogP contribution in [0.5, 0.6) is 0 Å². The van der Waals surface area contributed by atoms with Gasteiger partial charge in [0.25, 0.3) is 0 Å². The summed E-state index contributed by atoms with van der Waals surface area (Å²) in [5, 5.41) is 9.53. The van der Waals surface area contributed by atoms with E-state index >= 15 is 0 Å². The summed E-state index contributed by atoms with van der Waals surface area (Å²) in [5.41, 5.74) is 12.5. The number of anilines is 1. The van der Waals surface area contributed by atoms with Gasteiger partial charge in [0, 0.05) is 16.0 Å². The highest BCUT2D eigenvalue weighted by atomic mass is 32.2. The molecule has 3 aromatic rings. The van der Waals surface area contributed by atoms with Crippen LogP contribution in [0.25, 0.3) is 22.4 Å². The lowest BCUT2D eigenvalue weighted by atomic mass is 9.97. The number of rotatable bonds is 3. The second-order valence-electron chi connectivity index (χ2n) is 5.95. The summed E-state index contributed by atoms with van der Waals surface area (Å²) in [5.74, 6) is 0.266. The van der Waals surface area contributed by atoms with Crippen molar-refractivity contribution in [3.63, 3.8) is 0 Å². The number of pyridine rings is 1. The largest absolute Gasteiger partial charge is 0.383 e. The van der Waals surface area contributed by atoms with E-state index in [4.69, 9.17) is 5.73 Å². The van der Waals surface area contributed by atoms with Crippen LogP contribution in [0.3, 0.4) is 0 Å². The molecule has 0 spiro atoms. The van der Waals surface area contributed by atoms with Crippen molar-refractivity contribution in [2.45, 2.75) is 18.7 Å². The molecule has 0 saturated carbocycles. The Bertz CT molecular complexity index is 970. The molecule has 3 rings (SSSR count). The molecular weight excluding hydrogens is 326 g/mol. The third kappa shape index (κ3) is 3.38. The number of hydrogen-bond donors (Lipinski definition) is 1. The predicted molar refractivity (Wildman–Crippen MR) is 105 cm³/mol. The Morgan fingerprint density at radius 1 is 0.960 bits per heavy atom. The van der Waals surface area contributed by atoms with Crippen molar-refractivity contribution in [2.75, 3.05) is 12.0 Å². The van der Waals surface area contributed by atoms with Gasteiger partial charge in [0.1, 0.15) is 17.5 Å². The van der Waals surface area contributed by atoms with Crippen LogP contribution in [0.15, 0.2) is 53.4 Å². The monoisotopic (exact) mass is 345 g/mol. The summed E-state index contributed by atoms with van der Waals surface area (Å²) < 4.78 is 0. The molecule has 0 amide bonds. The van der Waals surface area contributed by atoms with Crippen molar-refractivity contribution in [1.82, 2.24) is 4.98 Å². The standard InChI is InChI=1S/C21H19N3S/c1-13-4-5-16(10-14(13)2)20-11-18(19(12-22)21(23)24-20)15-6-8-17(25-3)9-7-15/h4-11H,1-3H3,(H2,23,24). The number of nitrogen functional groups attached to an aromatic ring is 1. The van der Waals surface area contributed by atoms with Crippen LogP contribution in [-0.4, -0.2) is 11.2 Å². The van der Waals surface area contributed by atoms with Crippen LogP contribution in [0, 0.1) is 25.2 Å². The third-order valence-electron chi connectivity index (χ3n) is 4.36. The summed E-state index contributed by atoms with van der Waals surface area (Å²) >= 11 is 1.69. The fraction of sp³-hybridized carbons (Fsp3) is 0.143. The van der Waals surface area contributed by atoms with E-state index in [0.717, 1.165) is 22.4 Å². The Morgan fingerprint density at radius 2 is 1.64 bits per heavy atom. The first-order valence-electron chi connectivity index (χ1n) is 7.96. The van der Waals surface area contributed by atoms with Gasteiger partial charge >= 0.3 is 0 Å². The molecule has 2 aromatic carbocycles. The number of nitrogens with zero attached hydrogens (tertiary/aromatic N) is 2. The summed E-state index contributed by atoms with van der Waals surface area (Å²) in [6.07, 6.45) is 2.04. The molecule has 0 aliphatic heterocycles. The molecule has 2 N–H and O–H groups in total. The lowest BCUT2D eigenvalue weighted by Gasteiger charge is -2.11. The van der Waals surface area contributed by atoms with Crippen molar-refractivity contribution in [1.29, 1.82) is 5.26 Å². The van der Waals surface area contributed by atoms with E-state index < -0.39 is 0 Å². The average Bonchev–Trinajstić information content (AvgIpc) is 2.63. The first kappa shape index (κ1) is 17.1. The van der Waals surface area contributed by atoms with Crippen LogP contribution in [-0.2, 0) is 0 Å². The van der Waals surface area contributed by atoms with Crippen molar-refractivity contribution in [2.24, 2.45) is 0 Å². The number of benzene rings is 2. The van der Waals surface area contributed by atoms with E-state index in [1.165, 1.54) is 16.0 Å². The number of hydrogen-bond acceptors (Lipinski definition) is 4. The maximum atomic E-state index is 9.53. The van der Waals surface area contributed by atoms with E-state index in [9.17, 15) is 5.26 Å². The normalized spacial score (nSPS) is 10.5. The highest BCUT2D eigenvalue weighted by Crippen LogP contribution is 2.32. The number of aromatic nitrogens is 1. The minimum absolute atomic E-state index is 0.266. The van der Waals surface area contributed by atoms with Gasteiger partial charge < -0.3 is 5.73 Å². The quantitative estimate of drug-likeness (QED) is 0.662. The van der Waals surface area contributed by atoms with E-state index in [-0.39, 0.29) is 5.82 Å². The van der Waals surface area contributed by atoms with Crippen molar-refractivity contribution in [3.8, 4) is 28.5 Å². The van der Waals surface area contributed by atoms with Crippen LogP contribution < -0.4 is 5.73 Å². The van der Waals surface area contributed by atoms with Gasteiger partial charge in [0.15, 0.2) is 0 Å². The molecule has 3 nitrogen and oxygen atoms in total. The zero-order chi connectivity index (χ0) is 18.0. The fourth-order valence-corrected chi connectivity index (χ4v) is 3.14. The fourth-order valence-electron chi connectivity index (χ4n) is 2.73. The molecule has 1 heterocycles. The van der Waals surface area contributed by atoms with Gasteiger partial charge in [0.05, 0.1) is 5.69 Å². The molecule has 0 unspecified atom stereocenters. The van der Waals surface area contributed by atoms with Gasteiger partial charge in [-0.15, -0.1) is 11.8 Å². The van der Waals surface area contributed by atoms with Gasteiger partial charge in [-0.1, -0.05) is 24.3 Å².